The Bertz CT molecular complexity index is 638. The van der Waals surface area contributed by atoms with E-state index in [0.29, 0.717) is 24.0 Å². The lowest BCUT2D eigenvalue weighted by molar-refractivity contribution is 0.0566. The minimum Gasteiger partial charge on any atom is -0.426 e. The third kappa shape index (κ3) is 2.99. The lowest BCUT2D eigenvalue weighted by Gasteiger charge is -2.38. The molecule has 22 heavy (non-hydrogen) atoms. The molecule has 0 radical (unpaired) electrons. The van der Waals surface area contributed by atoms with Crippen molar-refractivity contribution in [2.24, 2.45) is 0 Å². The number of nitrogens with zero attached hydrogens (tertiary/aromatic N) is 1. The number of nitrogens with one attached hydrogen (secondary N) is 1. The van der Waals surface area contributed by atoms with Gasteiger partial charge in [0, 0.05) is 31.2 Å². The van der Waals surface area contributed by atoms with Gasteiger partial charge in [0.15, 0.2) is 5.76 Å². The van der Waals surface area contributed by atoms with Gasteiger partial charge in [0.25, 0.3) is 11.9 Å². The summed E-state index contributed by atoms with van der Waals surface area (Å²) in [6.45, 7) is 5.60. The van der Waals surface area contributed by atoms with Crippen molar-refractivity contribution in [3.05, 3.63) is 48.2 Å². The summed E-state index contributed by atoms with van der Waals surface area (Å²) in [6.07, 6.45) is 0. The Morgan fingerprint density at radius 3 is 2.77 bits per heavy atom. The van der Waals surface area contributed by atoms with E-state index in [4.69, 9.17) is 9.15 Å². The van der Waals surface area contributed by atoms with Crippen LogP contribution in [0.5, 0.6) is 11.7 Å². The number of ether oxygens (including phenoxy) is 1. The summed E-state index contributed by atoms with van der Waals surface area (Å²) in [5, 5.41) is 3.36. The normalized spacial score (nSPS) is 21.6. The molecule has 1 saturated heterocycles. The quantitative estimate of drug-likeness (QED) is 0.947. The second-order valence-electron chi connectivity index (χ2n) is 5.52. The number of hydrogen-bond donors (Lipinski definition) is 1. The van der Waals surface area contributed by atoms with Crippen molar-refractivity contribution in [3.8, 4) is 11.7 Å². The molecule has 1 fully saturated rings. The maximum absolute atomic E-state index is 12.6. The van der Waals surface area contributed by atoms with Crippen molar-refractivity contribution < 1.29 is 13.9 Å². The average Bonchev–Trinajstić information content (AvgIpc) is 2.99. The van der Waals surface area contributed by atoms with Crippen LogP contribution in [0.4, 0.5) is 0 Å². The molecule has 0 saturated carbocycles. The summed E-state index contributed by atoms with van der Waals surface area (Å²) in [6, 6.07) is 13.1. The van der Waals surface area contributed by atoms with E-state index in [2.05, 4.69) is 12.2 Å². The first kappa shape index (κ1) is 14.7. The third-order valence-electron chi connectivity index (χ3n) is 4.05. The van der Waals surface area contributed by atoms with Crippen LogP contribution in [0.1, 0.15) is 24.4 Å². The van der Waals surface area contributed by atoms with Crippen LogP contribution in [0.25, 0.3) is 0 Å². The zero-order valence-corrected chi connectivity index (χ0v) is 12.8. The molecule has 1 aromatic heterocycles. The molecule has 1 aromatic carbocycles. The van der Waals surface area contributed by atoms with Crippen LogP contribution < -0.4 is 10.1 Å². The molecule has 1 aliphatic rings. The zero-order valence-electron chi connectivity index (χ0n) is 12.8. The highest BCUT2D eigenvalue weighted by Crippen LogP contribution is 2.25. The zero-order chi connectivity index (χ0) is 15.5. The average molecular weight is 300 g/mol. The molecule has 0 spiro atoms. The number of para-hydroxylation sites is 1. The second-order valence-corrected chi connectivity index (χ2v) is 5.52. The van der Waals surface area contributed by atoms with Crippen LogP contribution in [0, 0.1) is 0 Å². The van der Waals surface area contributed by atoms with Crippen molar-refractivity contribution in [2.75, 3.05) is 13.1 Å². The van der Waals surface area contributed by atoms with Gasteiger partial charge in [-0.2, -0.15) is 0 Å². The smallest absolute Gasteiger partial charge is 0.290 e. The first-order valence-electron chi connectivity index (χ1n) is 7.52. The molecule has 2 unspecified atom stereocenters. The van der Waals surface area contributed by atoms with Gasteiger partial charge in [-0.15, -0.1) is 0 Å². The summed E-state index contributed by atoms with van der Waals surface area (Å²) < 4.78 is 11.1. The Morgan fingerprint density at radius 1 is 1.23 bits per heavy atom. The van der Waals surface area contributed by atoms with Gasteiger partial charge in [-0.1, -0.05) is 18.2 Å². The maximum atomic E-state index is 12.6. The molecule has 1 N–H and O–H groups in total. The molecule has 5 heteroatoms. The first-order chi connectivity index (χ1) is 10.6. The molecule has 0 bridgehead atoms. The molecular formula is C17H20N2O3. The van der Waals surface area contributed by atoms with Crippen molar-refractivity contribution in [3.63, 3.8) is 0 Å². The summed E-state index contributed by atoms with van der Waals surface area (Å²) >= 11 is 0. The van der Waals surface area contributed by atoms with Gasteiger partial charge >= 0.3 is 0 Å². The van der Waals surface area contributed by atoms with Crippen LogP contribution in [-0.2, 0) is 0 Å². The van der Waals surface area contributed by atoms with E-state index in [1.54, 1.807) is 12.1 Å². The van der Waals surface area contributed by atoms with Gasteiger partial charge in [0.1, 0.15) is 5.75 Å². The standard InChI is InChI=1S/C17H20N2O3/c1-12-13(2)19(11-10-18-12)17(20)15-8-9-16(22-15)21-14-6-4-3-5-7-14/h3-9,12-13,18H,10-11H2,1-2H3. The molecule has 1 amide bonds. The summed E-state index contributed by atoms with van der Waals surface area (Å²) in [4.78, 5) is 14.4. The fourth-order valence-corrected chi connectivity index (χ4v) is 2.58. The van der Waals surface area contributed by atoms with E-state index in [9.17, 15) is 4.79 Å². The number of benzene rings is 1. The summed E-state index contributed by atoms with van der Waals surface area (Å²) in [5.41, 5.74) is 0. The molecular weight excluding hydrogens is 280 g/mol. The third-order valence-corrected chi connectivity index (χ3v) is 4.05. The molecule has 0 aliphatic carbocycles. The van der Waals surface area contributed by atoms with Gasteiger partial charge in [-0.25, -0.2) is 0 Å². The lowest BCUT2D eigenvalue weighted by Crippen LogP contribution is -2.57. The van der Waals surface area contributed by atoms with Gasteiger partial charge in [0.05, 0.1) is 0 Å². The molecule has 1 aliphatic heterocycles. The van der Waals surface area contributed by atoms with Gasteiger partial charge in [-0.3, -0.25) is 4.79 Å². The van der Waals surface area contributed by atoms with E-state index in [1.165, 1.54) is 0 Å². The number of hydrogen-bond acceptors (Lipinski definition) is 4. The predicted octanol–water partition coefficient (Wildman–Crippen LogP) is 2.89. The second kappa shape index (κ2) is 6.23. The lowest BCUT2D eigenvalue weighted by atomic mass is 10.1. The largest absolute Gasteiger partial charge is 0.426 e. The number of carbonyl (C=O) groups excluding carboxylic acids is 1. The molecule has 2 aromatic rings. The Kier molecular flexibility index (Phi) is 4.15. The minimum atomic E-state index is -0.0937. The number of amides is 1. The molecule has 2 atom stereocenters. The predicted molar refractivity (Wildman–Crippen MR) is 83.2 cm³/mol. The van der Waals surface area contributed by atoms with Crippen molar-refractivity contribution in [2.45, 2.75) is 25.9 Å². The fourth-order valence-electron chi connectivity index (χ4n) is 2.58. The van der Waals surface area contributed by atoms with Crippen LogP contribution in [0.2, 0.25) is 0 Å². The highest BCUT2D eigenvalue weighted by Gasteiger charge is 2.30. The monoisotopic (exact) mass is 300 g/mol. The number of piperazine rings is 1. The summed E-state index contributed by atoms with van der Waals surface area (Å²) in [5.74, 6) is 1.22. The van der Waals surface area contributed by atoms with Crippen LogP contribution in [0.3, 0.4) is 0 Å². The van der Waals surface area contributed by atoms with Crippen LogP contribution >= 0.6 is 0 Å². The Balaban J connectivity index is 1.71. The maximum Gasteiger partial charge on any atom is 0.290 e. The van der Waals surface area contributed by atoms with Crippen LogP contribution in [0.15, 0.2) is 46.9 Å². The highest BCUT2D eigenvalue weighted by atomic mass is 16.6. The van der Waals surface area contributed by atoms with E-state index in [-0.39, 0.29) is 18.0 Å². The number of carbonyl (C=O) groups is 1. The Hall–Kier alpha value is -2.27. The van der Waals surface area contributed by atoms with Crippen molar-refractivity contribution >= 4 is 5.91 Å². The van der Waals surface area contributed by atoms with Gasteiger partial charge < -0.3 is 19.4 Å². The summed E-state index contributed by atoms with van der Waals surface area (Å²) in [7, 11) is 0. The van der Waals surface area contributed by atoms with E-state index in [1.807, 2.05) is 42.2 Å². The molecule has 2 heterocycles. The Labute approximate surface area is 129 Å². The molecule has 5 nitrogen and oxygen atoms in total. The molecule has 116 valence electrons. The first-order valence-corrected chi connectivity index (χ1v) is 7.52. The highest BCUT2D eigenvalue weighted by molar-refractivity contribution is 5.92. The van der Waals surface area contributed by atoms with Crippen LogP contribution in [-0.4, -0.2) is 36.0 Å². The van der Waals surface area contributed by atoms with E-state index < -0.39 is 0 Å². The number of rotatable bonds is 3. The fraction of sp³-hybridized carbons (Fsp3) is 0.353. The molecule has 3 rings (SSSR count). The van der Waals surface area contributed by atoms with E-state index in [0.717, 1.165) is 6.54 Å². The number of furan rings is 1. The van der Waals surface area contributed by atoms with Gasteiger partial charge in [0.2, 0.25) is 0 Å². The minimum absolute atomic E-state index is 0.0937. The van der Waals surface area contributed by atoms with Crippen molar-refractivity contribution in [1.82, 2.24) is 10.2 Å². The Morgan fingerprint density at radius 2 is 2.00 bits per heavy atom. The van der Waals surface area contributed by atoms with E-state index >= 15 is 0 Å². The topological polar surface area (TPSA) is 54.7 Å². The SMILES string of the molecule is CC1NCCN(C(=O)c2ccc(Oc3ccccc3)o2)C1C. The van der Waals surface area contributed by atoms with Crippen molar-refractivity contribution in [1.29, 1.82) is 0 Å². The van der Waals surface area contributed by atoms with Gasteiger partial charge in [-0.05, 0) is 32.0 Å².